The van der Waals surface area contributed by atoms with E-state index in [0.29, 0.717) is 51.8 Å². The highest BCUT2D eigenvalue weighted by atomic mass is 35.5. The van der Waals surface area contributed by atoms with Gasteiger partial charge in [0.05, 0.1) is 36.0 Å². The quantitative estimate of drug-likeness (QED) is 0.500. The molecule has 2 aromatic heterocycles. The number of hydrogen-bond acceptors (Lipinski definition) is 5. The van der Waals surface area contributed by atoms with Gasteiger partial charge in [-0.1, -0.05) is 35.9 Å². The van der Waals surface area contributed by atoms with E-state index in [1.807, 2.05) is 16.7 Å². The Bertz CT molecular complexity index is 1510. The van der Waals surface area contributed by atoms with Gasteiger partial charge >= 0.3 is 5.69 Å². The van der Waals surface area contributed by atoms with Crippen LogP contribution in [0.4, 0.5) is 0 Å². The summed E-state index contributed by atoms with van der Waals surface area (Å²) in [6.07, 6.45) is -0.713. The van der Waals surface area contributed by atoms with Crippen LogP contribution in [0.25, 0.3) is 22.2 Å². The molecule has 1 aliphatic heterocycles. The van der Waals surface area contributed by atoms with Crippen LogP contribution in [0.2, 0.25) is 5.02 Å². The zero-order chi connectivity index (χ0) is 23.4. The number of aromatic nitrogens is 3. The second-order valence-corrected chi connectivity index (χ2v) is 8.41. The summed E-state index contributed by atoms with van der Waals surface area (Å²) in [4.78, 5) is 26.3. The van der Waals surface area contributed by atoms with Crippen molar-refractivity contribution in [1.29, 1.82) is 0 Å². The Balaban J connectivity index is 1.93. The van der Waals surface area contributed by atoms with E-state index in [9.17, 15) is 14.7 Å². The number of aryl methyl sites for hydroxylation is 1. The van der Waals surface area contributed by atoms with Crippen molar-refractivity contribution in [1.82, 2.24) is 13.7 Å². The van der Waals surface area contributed by atoms with Gasteiger partial charge in [0.1, 0.15) is 6.10 Å². The minimum absolute atomic E-state index is 0.0466. The summed E-state index contributed by atoms with van der Waals surface area (Å²) in [5, 5.41) is 11.8. The summed E-state index contributed by atoms with van der Waals surface area (Å²) in [6, 6.07) is 12.4. The standard InChI is InChI=1S/C24H22ClN3O5/c1-26-19-17(23(30)27(2)24(26)31)18(13-7-9-14(25)10-8-13)28-11-12-33-22(20(19)28)15-5-4-6-16(32-3)21(15)29/h4-10,22,29H,11-12H2,1-3H3/t22-/m0/s1. The van der Waals surface area contributed by atoms with Crippen molar-refractivity contribution in [2.45, 2.75) is 12.6 Å². The molecule has 2 aromatic carbocycles. The predicted octanol–water partition coefficient (Wildman–Crippen LogP) is 3.19. The second-order valence-electron chi connectivity index (χ2n) is 7.97. The monoisotopic (exact) mass is 467 g/mol. The number of benzene rings is 2. The topological polar surface area (TPSA) is 87.6 Å². The maximum absolute atomic E-state index is 13.4. The Labute approximate surface area is 193 Å². The smallest absolute Gasteiger partial charge is 0.331 e. The molecule has 4 aromatic rings. The van der Waals surface area contributed by atoms with Crippen LogP contribution in [0.1, 0.15) is 17.4 Å². The summed E-state index contributed by atoms with van der Waals surface area (Å²) >= 11 is 6.11. The van der Waals surface area contributed by atoms with Gasteiger partial charge in [-0.05, 0) is 23.8 Å². The molecule has 33 heavy (non-hydrogen) atoms. The Kier molecular flexibility index (Phi) is 5.07. The number of aromatic hydroxyl groups is 1. The average molecular weight is 468 g/mol. The van der Waals surface area contributed by atoms with Crippen molar-refractivity contribution in [3.8, 4) is 22.8 Å². The van der Waals surface area contributed by atoms with Crippen molar-refractivity contribution in [3.63, 3.8) is 0 Å². The van der Waals surface area contributed by atoms with Gasteiger partial charge in [0.25, 0.3) is 5.56 Å². The molecule has 0 saturated heterocycles. The van der Waals surface area contributed by atoms with Crippen LogP contribution in [0.3, 0.4) is 0 Å². The van der Waals surface area contributed by atoms with Gasteiger partial charge in [-0.15, -0.1) is 0 Å². The molecular formula is C24H22ClN3O5. The van der Waals surface area contributed by atoms with Crippen molar-refractivity contribution in [2.24, 2.45) is 14.1 Å². The Morgan fingerprint density at radius 1 is 1.09 bits per heavy atom. The van der Waals surface area contributed by atoms with Crippen LogP contribution in [-0.4, -0.2) is 32.5 Å². The maximum Gasteiger partial charge on any atom is 0.331 e. The number of methoxy groups -OCH3 is 1. The molecule has 1 N–H and O–H groups in total. The molecule has 0 aliphatic carbocycles. The number of para-hydroxylation sites is 1. The van der Waals surface area contributed by atoms with Crippen LogP contribution in [-0.2, 0) is 25.4 Å². The van der Waals surface area contributed by atoms with Gasteiger partial charge in [-0.2, -0.15) is 0 Å². The molecule has 0 amide bonds. The first-order valence-corrected chi connectivity index (χ1v) is 10.8. The lowest BCUT2D eigenvalue weighted by molar-refractivity contribution is 0.0462. The second kappa shape index (κ2) is 7.83. The molecule has 0 fully saturated rings. The van der Waals surface area contributed by atoms with E-state index in [2.05, 4.69) is 0 Å². The fourth-order valence-electron chi connectivity index (χ4n) is 4.64. The molecule has 1 atom stereocenters. The summed E-state index contributed by atoms with van der Waals surface area (Å²) in [5.41, 5.74) is 2.23. The average Bonchev–Trinajstić information content (AvgIpc) is 3.18. The SMILES string of the molecule is COc1cccc([C@@H]2OCCn3c(-c4ccc(Cl)cc4)c4c(=O)n(C)c(=O)n(C)c4c32)c1O. The van der Waals surface area contributed by atoms with Crippen molar-refractivity contribution in [2.75, 3.05) is 13.7 Å². The molecule has 9 heteroatoms. The zero-order valence-electron chi connectivity index (χ0n) is 18.3. The maximum atomic E-state index is 13.4. The minimum Gasteiger partial charge on any atom is -0.504 e. The number of nitrogens with zero attached hydrogens (tertiary/aromatic N) is 3. The predicted molar refractivity (Wildman–Crippen MR) is 125 cm³/mol. The number of phenols is 1. The fraction of sp³-hybridized carbons (Fsp3) is 0.250. The summed E-state index contributed by atoms with van der Waals surface area (Å²) in [6.45, 7) is 0.824. The van der Waals surface area contributed by atoms with Crippen LogP contribution in [0.15, 0.2) is 52.1 Å². The first-order valence-electron chi connectivity index (χ1n) is 10.4. The van der Waals surface area contributed by atoms with Crippen molar-refractivity contribution in [3.05, 3.63) is 79.6 Å². The van der Waals surface area contributed by atoms with Crippen molar-refractivity contribution < 1.29 is 14.6 Å². The lowest BCUT2D eigenvalue weighted by Gasteiger charge is -2.28. The van der Waals surface area contributed by atoms with Crippen molar-refractivity contribution >= 4 is 22.5 Å². The van der Waals surface area contributed by atoms with E-state index < -0.39 is 17.4 Å². The van der Waals surface area contributed by atoms with E-state index in [1.165, 1.54) is 18.7 Å². The fourth-order valence-corrected chi connectivity index (χ4v) is 4.77. The molecule has 0 unspecified atom stereocenters. The van der Waals surface area contributed by atoms with Crippen LogP contribution in [0.5, 0.6) is 11.5 Å². The van der Waals surface area contributed by atoms with Gasteiger partial charge in [-0.3, -0.25) is 13.9 Å². The van der Waals surface area contributed by atoms with E-state index in [-0.39, 0.29) is 5.75 Å². The van der Waals surface area contributed by atoms with Gasteiger partial charge in [0.2, 0.25) is 0 Å². The third-order valence-corrected chi connectivity index (χ3v) is 6.45. The normalized spacial score (nSPS) is 15.6. The van der Waals surface area contributed by atoms with E-state index in [4.69, 9.17) is 21.1 Å². The lowest BCUT2D eigenvalue weighted by atomic mass is 10.0. The van der Waals surface area contributed by atoms with Gasteiger partial charge < -0.3 is 19.1 Å². The molecule has 1 aliphatic rings. The number of fused-ring (bicyclic) bond motifs is 3. The highest BCUT2D eigenvalue weighted by Gasteiger charge is 2.34. The Morgan fingerprint density at radius 3 is 2.52 bits per heavy atom. The molecule has 0 radical (unpaired) electrons. The molecule has 8 nitrogen and oxygen atoms in total. The zero-order valence-corrected chi connectivity index (χ0v) is 19.1. The number of phenolic OH excluding ortho intramolecular Hbond substituents is 1. The van der Waals surface area contributed by atoms with Crippen LogP contribution >= 0.6 is 11.6 Å². The highest BCUT2D eigenvalue weighted by Crippen LogP contribution is 2.44. The van der Waals surface area contributed by atoms with E-state index in [1.54, 1.807) is 37.4 Å². The Morgan fingerprint density at radius 2 is 1.82 bits per heavy atom. The van der Waals surface area contributed by atoms with Crippen LogP contribution in [0, 0.1) is 0 Å². The van der Waals surface area contributed by atoms with Gasteiger partial charge in [0, 0.05) is 31.2 Å². The molecular weight excluding hydrogens is 446 g/mol. The minimum atomic E-state index is -0.713. The van der Waals surface area contributed by atoms with Gasteiger partial charge in [0.15, 0.2) is 11.5 Å². The number of ether oxygens (including phenoxy) is 2. The third kappa shape index (κ3) is 3.09. The summed E-state index contributed by atoms with van der Waals surface area (Å²) < 4.78 is 16.0. The highest BCUT2D eigenvalue weighted by molar-refractivity contribution is 6.30. The largest absolute Gasteiger partial charge is 0.504 e. The first-order chi connectivity index (χ1) is 15.8. The number of hydrogen-bond donors (Lipinski definition) is 1. The number of rotatable bonds is 3. The van der Waals surface area contributed by atoms with Gasteiger partial charge in [-0.25, -0.2) is 4.79 Å². The molecule has 170 valence electrons. The molecule has 0 saturated carbocycles. The third-order valence-electron chi connectivity index (χ3n) is 6.20. The van der Waals surface area contributed by atoms with E-state index in [0.717, 1.165) is 10.1 Å². The molecule has 0 bridgehead atoms. The molecule has 0 spiro atoms. The van der Waals surface area contributed by atoms with E-state index >= 15 is 0 Å². The first kappa shape index (κ1) is 21.4. The number of halogens is 1. The lowest BCUT2D eigenvalue weighted by Crippen LogP contribution is -2.37. The summed E-state index contributed by atoms with van der Waals surface area (Å²) in [7, 11) is 4.58. The molecule has 3 heterocycles. The van der Waals surface area contributed by atoms with Crippen LogP contribution < -0.4 is 16.0 Å². The molecule has 5 rings (SSSR count). The Hall–Kier alpha value is -3.49. The summed E-state index contributed by atoms with van der Waals surface area (Å²) in [5.74, 6) is 0.265.